The number of fused-ring (bicyclic) bond motifs is 2. The maximum Gasteiger partial charge on any atom is 0.319 e. The minimum Gasteiger partial charge on any atom is -0.492 e. The number of para-hydroxylation sites is 2. The summed E-state index contributed by atoms with van der Waals surface area (Å²) in [5, 5.41) is 18.8. The number of carbonyl (C=O) groups is 1. The third kappa shape index (κ3) is 5.84. The van der Waals surface area contributed by atoms with Crippen molar-refractivity contribution < 1.29 is 9.53 Å². The highest BCUT2D eigenvalue weighted by Crippen LogP contribution is 2.35. The molecule has 2 N–H and O–H groups in total. The molecule has 190 valence electrons. The largest absolute Gasteiger partial charge is 0.492 e. The minimum atomic E-state index is -0.177. The van der Waals surface area contributed by atoms with Crippen LogP contribution in [0.4, 0.5) is 10.5 Å². The second kappa shape index (κ2) is 11.5. The number of urea groups is 1. The van der Waals surface area contributed by atoms with Crippen molar-refractivity contribution in [1.29, 1.82) is 0 Å². The normalized spacial score (nSPS) is 21.6. The zero-order chi connectivity index (χ0) is 24.7. The molecule has 2 bridgehead atoms. The lowest BCUT2D eigenvalue weighted by Gasteiger charge is -2.48. The zero-order valence-corrected chi connectivity index (χ0v) is 20.8. The van der Waals surface area contributed by atoms with Gasteiger partial charge in [-0.1, -0.05) is 48.9 Å². The van der Waals surface area contributed by atoms with Gasteiger partial charge in [0.2, 0.25) is 0 Å². The van der Waals surface area contributed by atoms with Gasteiger partial charge in [-0.3, -0.25) is 4.90 Å². The summed E-state index contributed by atoms with van der Waals surface area (Å²) in [5.74, 6) is 1.60. The summed E-state index contributed by atoms with van der Waals surface area (Å²) in [7, 11) is 0. The first-order chi connectivity index (χ1) is 17.7. The molecule has 2 saturated heterocycles. The number of carbonyl (C=O) groups excluding carboxylic acids is 1. The van der Waals surface area contributed by atoms with Crippen molar-refractivity contribution in [3.05, 3.63) is 66.0 Å². The van der Waals surface area contributed by atoms with E-state index in [2.05, 4.69) is 55.3 Å². The molecule has 2 fully saturated rings. The van der Waals surface area contributed by atoms with E-state index in [4.69, 9.17) is 4.74 Å². The molecule has 0 radical (unpaired) electrons. The van der Waals surface area contributed by atoms with Gasteiger partial charge in [0.15, 0.2) is 5.82 Å². The lowest BCUT2D eigenvalue weighted by Crippen LogP contribution is -2.57. The van der Waals surface area contributed by atoms with E-state index in [1.807, 2.05) is 41.9 Å². The first-order valence-electron chi connectivity index (χ1n) is 13.0. The number of aryl methyl sites for hydroxylation is 2. The smallest absolute Gasteiger partial charge is 0.319 e. The number of piperidine rings is 2. The van der Waals surface area contributed by atoms with E-state index in [1.54, 1.807) is 0 Å². The van der Waals surface area contributed by atoms with Crippen LogP contribution in [0, 0.1) is 0 Å². The molecule has 1 aromatic heterocycles. The fraction of sp³-hybridized carbons (Fsp3) is 0.481. The van der Waals surface area contributed by atoms with Crippen LogP contribution in [0.1, 0.15) is 50.4 Å². The Balaban J connectivity index is 1.18. The number of ether oxygens (including phenoxy) is 1. The summed E-state index contributed by atoms with van der Waals surface area (Å²) in [4.78, 5) is 15.4. The Labute approximate surface area is 212 Å². The van der Waals surface area contributed by atoms with Crippen LogP contribution in [0.15, 0.2) is 54.6 Å². The monoisotopic (exact) mass is 489 g/mol. The van der Waals surface area contributed by atoms with Gasteiger partial charge in [-0.15, -0.1) is 5.10 Å². The van der Waals surface area contributed by atoms with Crippen molar-refractivity contribution >= 4 is 11.7 Å². The first-order valence-corrected chi connectivity index (χ1v) is 13.0. The van der Waals surface area contributed by atoms with E-state index in [9.17, 15) is 4.79 Å². The van der Waals surface area contributed by atoms with Gasteiger partial charge < -0.3 is 15.4 Å². The summed E-state index contributed by atoms with van der Waals surface area (Å²) in [6.45, 7) is 4.00. The van der Waals surface area contributed by atoms with Crippen LogP contribution in [0.25, 0.3) is 0 Å². The minimum absolute atomic E-state index is 0.143. The third-order valence-electron chi connectivity index (χ3n) is 7.28. The van der Waals surface area contributed by atoms with Gasteiger partial charge in [-0.2, -0.15) is 0 Å². The molecule has 2 amide bonds. The van der Waals surface area contributed by atoms with Gasteiger partial charge in [0, 0.05) is 24.7 Å². The fourth-order valence-electron chi connectivity index (χ4n) is 5.60. The summed E-state index contributed by atoms with van der Waals surface area (Å²) in [5.41, 5.74) is 1.97. The van der Waals surface area contributed by atoms with Gasteiger partial charge in [-0.25, -0.2) is 9.48 Å². The maximum atomic E-state index is 12.8. The lowest BCUT2D eigenvalue weighted by molar-refractivity contribution is 0.0169. The highest BCUT2D eigenvalue weighted by atomic mass is 16.5. The Bertz CT molecular complexity index is 1120. The summed E-state index contributed by atoms with van der Waals surface area (Å²) >= 11 is 0. The number of nitrogens with one attached hydrogen (secondary N) is 2. The zero-order valence-electron chi connectivity index (χ0n) is 20.8. The molecule has 3 heterocycles. The SMILES string of the molecule is CCOc1ccccc1NC(=O)NC1C[C@@H]2CCC[C@@H](C1)N2Cc1nnnn1CCc1ccccc1. The van der Waals surface area contributed by atoms with Crippen molar-refractivity contribution in [2.75, 3.05) is 11.9 Å². The number of hydrogen-bond acceptors (Lipinski definition) is 6. The molecule has 36 heavy (non-hydrogen) atoms. The molecule has 9 nitrogen and oxygen atoms in total. The molecule has 0 unspecified atom stereocenters. The average molecular weight is 490 g/mol. The number of amides is 2. The van der Waals surface area contributed by atoms with Crippen molar-refractivity contribution in [3.63, 3.8) is 0 Å². The molecular formula is C27H35N7O2. The molecule has 0 spiro atoms. The van der Waals surface area contributed by atoms with Crippen LogP contribution in [0.3, 0.4) is 0 Å². The molecule has 0 aliphatic carbocycles. The molecule has 2 aliphatic rings. The summed E-state index contributed by atoms with van der Waals surface area (Å²) in [6, 6.07) is 18.8. The van der Waals surface area contributed by atoms with Crippen LogP contribution in [-0.4, -0.2) is 55.9 Å². The number of anilines is 1. The van der Waals surface area contributed by atoms with E-state index < -0.39 is 0 Å². The van der Waals surface area contributed by atoms with Gasteiger partial charge in [0.25, 0.3) is 0 Å². The Hall–Kier alpha value is -3.46. The van der Waals surface area contributed by atoms with E-state index in [-0.39, 0.29) is 12.1 Å². The van der Waals surface area contributed by atoms with Crippen molar-refractivity contribution in [1.82, 2.24) is 30.4 Å². The van der Waals surface area contributed by atoms with Crippen molar-refractivity contribution in [2.24, 2.45) is 0 Å². The second-order valence-electron chi connectivity index (χ2n) is 9.66. The van der Waals surface area contributed by atoms with E-state index in [1.165, 1.54) is 12.0 Å². The van der Waals surface area contributed by atoms with E-state index >= 15 is 0 Å². The number of aromatic nitrogens is 4. The lowest BCUT2D eigenvalue weighted by atomic mass is 9.81. The Morgan fingerprint density at radius 2 is 1.81 bits per heavy atom. The van der Waals surface area contributed by atoms with Crippen LogP contribution in [-0.2, 0) is 19.5 Å². The molecule has 2 atom stereocenters. The van der Waals surface area contributed by atoms with Gasteiger partial charge >= 0.3 is 6.03 Å². The predicted molar refractivity (Wildman–Crippen MR) is 138 cm³/mol. The maximum absolute atomic E-state index is 12.8. The van der Waals surface area contributed by atoms with Crippen LogP contribution in [0.2, 0.25) is 0 Å². The number of nitrogens with zero attached hydrogens (tertiary/aromatic N) is 5. The highest BCUT2D eigenvalue weighted by molar-refractivity contribution is 5.91. The summed E-state index contributed by atoms with van der Waals surface area (Å²) in [6.07, 6.45) is 6.26. The van der Waals surface area contributed by atoms with Crippen LogP contribution >= 0.6 is 0 Å². The molecular weight excluding hydrogens is 454 g/mol. The van der Waals surface area contributed by atoms with Gasteiger partial charge in [0.05, 0.1) is 18.8 Å². The Morgan fingerprint density at radius 1 is 1.06 bits per heavy atom. The van der Waals surface area contributed by atoms with Gasteiger partial charge in [0.1, 0.15) is 5.75 Å². The standard InChI is InChI=1S/C27H35N7O2/c1-2-36-25-14-7-6-13-24(25)29-27(35)28-21-17-22-11-8-12-23(18-21)33(22)19-26-30-31-32-34(26)16-15-20-9-4-3-5-10-20/h3-7,9-10,13-14,21-23H,2,8,11-12,15-19H2,1H3,(H2,28,29,35)/t22-,23-/m0/s1. The predicted octanol–water partition coefficient (Wildman–Crippen LogP) is 4.02. The second-order valence-corrected chi connectivity index (χ2v) is 9.66. The molecule has 9 heteroatoms. The number of rotatable bonds is 9. The van der Waals surface area contributed by atoms with E-state index in [0.717, 1.165) is 51.0 Å². The molecule has 0 saturated carbocycles. The Morgan fingerprint density at radius 3 is 2.58 bits per heavy atom. The quantitative estimate of drug-likeness (QED) is 0.471. The molecule has 3 aromatic rings. The van der Waals surface area contributed by atoms with E-state index in [0.29, 0.717) is 30.1 Å². The number of tetrazole rings is 1. The summed E-state index contributed by atoms with van der Waals surface area (Å²) < 4.78 is 7.58. The topological polar surface area (TPSA) is 97.2 Å². The Kier molecular flexibility index (Phi) is 7.76. The number of hydrogen-bond donors (Lipinski definition) is 2. The van der Waals surface area contributed by atoms with Crippen LogP contribution < -0.4 is 15.4 Å². The van der Waals surface area contributed by atoms with Crippen molar-refractivity contribution in [3.8, 4) is 5.75 Å². The fourth-order valence-corrected chi connectivity index (χ4v) is 5.60. The van der Waals surface area contributed by atoms with Crippen molar-refractivity contribution in [2.45, 2.75) is 76.7 Å². The molecule has 2 aliphatic heterocycles. The van der Waals surface area contributed by atoms with Gasteiger partial charge in [-0.05, 0) is 67.2 Å². The number of benzene rings is 2. The molecule has 2 aromatic carbocycles. The first kappa shape index (κ1) is 24.2. The van der Waals surface area contributed by atoms with Crippen LogP contribution in [0.5, 0.6) is 5.75 Å². The molecule has 5 rings (SSSR count). The average Bonchev–Trinajstić information content (AvgIpc) is 3.32. The third-order valence-corrected chi connectivity index (χ3v) is 7.28. The highest BCUT2D eigenvalue weighted by Gasteiger charge is 2.39.